The fraction of sp³-hybridized carbons (Fsp3) is 0.770. The molecular weight excluding hydrogens is 985 g/mol. The molecule has 0 amide bonds. The molecule has 0 saturated heterocycles. The molecule has 0 N–H and O–H groups in total. The molecule has 0 aliphatic rings. The average Bonchev–Trinajstić information content (AvgIpc) is 3.46. The Kier molecular flexibility index (Phi) is 65.2. The zero-order chi connectivity index (χ0) is 57.8. The summed E-state index contributed by atoms with van der Waals surface area (Å²) in [6.45, 7) is 6.57. The second-order valence-electron chi connectivity index (χ2n) is 23.1. The molecule has 0 aromatic heterocycles. The van der Waals surface area contributed by atoms with Gasteiger partial charge in [0.1, 0.15) is 13.2 Å². The first-order chi connectivity index (χ1) is 39.5. The van der Waals surface area contributed by atoms with Crippen molar-refractivity contribution in [1.82, 2.24) is 0 Å². The molecule has 1 unspecified atom stereocenters. The van der Waals surface area contributed by atoms with Crippen molar-refractivity contribution < 1.29 is 28.6 Å². The van der Waals surface area contributed by atoms with Gasteiger partial charge in [0.25, 0.3) is 0 Å². The van der Waals surface area contributed by atoms with Crippen LogP contribution in [-0.2, 0) is 28.6 Å². The van der Waals surface area contributed by atoms with Gasteiger partial charge < -0.3 is 14.2 Å². The molecule has 0 aromatic rings. The zero-order valence-electron chi connectivity index (χ0n) is 53.1. The lowest BCUT2D eigenvalue weighted by molar-refractivity contribution is -0.167. The van der Waals surface area contributed by atoms with E-state index in [0.717, 1.165) is 103 Å². The van der Waals surface area contributed by atoms with Gasteiger partial charge in [0.05, 0.1) is 0 Å². The van der Waals surface area contributed by atoms with Crippen LogP contribution in [0.5, 0.6) is 0 Å². The molecule has 1 atom stereocenters. The molecule has 0 fully saturated rings. The summed E-state index contributed by atoms with van der Waals surface area (Å²) in [4.78, 5) is 38.3. The van der Waals surface area contributed by atoms with Gasteiger partial charge in [-0.3, -0.25) is 14.4 Å². The highest BCUT2D eigenvalue weighted by Gasteiger charge is 2.19. The summed E-state index contributed by atoms with van der Waals surface area (Å²) in [6, 6.07) is 0. The third-order valence-electron chi connectivity index (χ3n) is 15.2. The van der Waals surface area contributed by atoms with Gasteiger partial charge >= 0.3 is 17.9 Å². The normalized spacial score (nSPS) is 12.6. The molecule has 0 aromatic carbocycles. The second kappa shape index (κ2) is 68.1. The Morgan fingerprint density at radius 1 is 0.263 bits per heavy atom. The molecule has 6 nitrogen and oxygen atoms in total. The van der Waals surface area contributed by atoms with Gasteiger partial charge in [-0.15, -0.1) is 0 Å². The smallest absolute Gasteiger partial charge is 0.306 e. The van der Waals surface area contributed by atoms with Gasteiger partial charge in [-0.25, -0.2) is 0 Å². The van der Waals surface area contributed by atoms with Crippen molar-refractivity contribution >= 4 is 17.9 Å². The van der Waals surface area contributed by atoms with Crippen molar-refractivity contribution in [2.24, 2.45) is 0 Å². The minimum atomic E-state index is -0.774. The molecule has 6 heteroatoms. The molecule has 0 aliphatic carbocycles. The van der Waals surface area contributed by atoms with E-state index in [-0.39, 0.29) is 31.1 Å². The maximum Gasteiger partial charge on any atom is 0.306 e. The Balaban J connectivity index is 4.19. The Morgan fingerprint density at radius 2 is 0.487 bits per heavy atom. The number of hydrogen-bond acceptors (Lipinski definition) is 6. The van der Waals surface area contributed by atoms with E-state index in [4.69, 9.17) is 14.2 Å². The molecule has 0 bridgehead atoms. The highest BCUT2D eigenvalue weighted by Crippen LogP contribution is 2.18. The quantitative estimate of drug-likeness (QED) is 0.0261. The summed E-state index contributed by atoms with van der Waals surface area (Å²) < 4.78 is 17.0. The van der Waals surface area contributed by atoms with E-state index in [2.05, 4.69) is 106 Å². The first kappa shape index (κ1) is 76.6. The van der Waals surface area contributed by atoms with E-state index in [9.17, 15) is 14.4 Å². The van der Waals surface area contributed by atoms with Crippen LogP contribution in [-0.4, -0.2) is 37.2 Å². The lowest BCUT2D eigenvalue weighted by Gasteiger charge is -2.18. The Morgan fingerprint density at radius 3 is 0.762 bits per heavy atom. The molecule has 0 aliphatic heterocycles. The van der Waals surface area contributed by atoms with Crippen LogP contribution >= 0.6 is 0 Å². The topological polar surface area (TPSA) is 78.9 Å². The molecule has 0 spiro atoms. The van der Waals surface area contributed by atoms with E-state index in [0.29, 0.717) is 19.3 Å². The van der Waals surface area contributed by atoms with Crippen molar-refractivity contribution in [3.8, 4) is 0 Å². The van der Waals surface area contributed by atoms with Crippen LogP contribution in [0.3, 0.4) is 0 Å². The maximum atomic E-state index is 12.9. The van der Waals surface area contributed by atoms with E-state index < -0.39 is 6.10 Å². The van der Waals surface area contributed by atoms with Gasteiger partial charge in [-0.2, -0.15) is 0 Å². The molecule has 0 radical (unpaired) electrons. The molecule has 462 valence electrons. The van der Waals surface area contributed by atoms with Crippen molar-refractivity contribution in [3.63, 3.8) is 0 Å². The standard InChI is InChI=1S/C74H130O6/c1-4-7-10-13-16-19-22-25-27-29-30-31-32-33-34-35-36-37-38-39-40-41-42-43-44-46-47-49-52-55-58-61-64-67-73(76)79-70-71(69-78-72(75)66-63-60-57-54-51-24-21-18-15-12-9-6-3)80-74(77)68-65-62-59-56-53-50-48-45-28-26-23-20-17-14-11-8-5-2/h7,10,16,19,25,27,30-31,33-34,36-37,39-40,71H,4-6,8-9,11-15,17-18,20-24,26,28-29,32,35,38,41-70H2,1-3H3/b10-7-,19-16-,27-25-,31-30-,34-33-,37-36-,40-39-. The van der Waals surface area contributed by atoms with Crippen molar-refractivity contribution in [1.29, 1.82) is 0 Å². The van der Waals surface area contributed by atoms with Crippen LogP contribution < -0.4 is 0 Å². The highest BCUT2D eigenvalue weighted by atomic mass is 16.6. The van der Waals surface area contributed by atoms with E-state index >= 15 is 0 Å². The lowest BCUT2D eigenvalue weighted by Crippen LogP contribution is -2.30. The molecule has 0 rings (SSSR count). The summed E-state index contributed by atoms with van der Waals surface area (Å²) in [5.41, 5.74) is 0. The summed E-state index contributed by atoms with van der Waals surface area (Å²) in [6.07, 6.45) is 90.3. The Labute approximate surface area is 496 Å². The zero-order valence-corrected chi connectivity index (χ0v) is 53.1. The number of ether oxygens (including phenoxy) is 3. The van der Waals surface area contributed by atoms with Gasteiger partial charge in [0.15, 0.2) is 6.10 Å². The first-order valence-electron chi connectivity index (χ1n) is 34.6. The number of rotatable bonds is 63. The van der Waals surface area contributed by atoms with Crippen LogP contribution in [0.2, 0.25) is 0 Å². The molecular formula is C74H130O6. The highest BCUT2D eigenvalue weighted by molar-refractivity contribution is 5.71. The van der Waals surface area contributed by atoms with Gasteiger partial charge in [-0.05, 0) is 77.0 Å². The fourth-order valence-electron chi connectivity index (χ4n) is 10.0. The largest absolute Gasteiger partial charge is 0.462 e. The fourth-order valence-corrected chi connectivity index (χ4v) is 10.0. The second-order valence-corrected chi connectivity index (χ2v) is 23.1. The van der Waals surface area contributed by atoms with Gasteiger partial charge in [-0.1, -0.05) is 337 Å². The minimum Gasteiger partial charge on any atom is -0.462 e. The predicted molar refractivity (Wildman–Crippen MR) is 348 cm³/mol. The monoisotopic (exact) mass is 1110 g/mol. The number of esters is 3. The number of allylic oxidation sites excluding steroid dienone is 14. The summed E-state index contributed by atoms with van der Waals surface area (Å²) in [5.74, 6) is -0.854. The predicted octanol–water partition coefficient (Wildman–Crippen LogP) is 23.8. The minimum absolute atomic E-state index is 0.0706. The van der Waals surface area contributed by atoms with Crippen LogP contribution in [0.4, 0.5) is 0 Å². The first-order valence-corrected chi connectivity index (χ1v) is 34.6. The number of hydrogen-bond donors (Lipinski definition) is 0. The number of unbranched alkanes of at least 4 members (excludes halogenated alkanes) is 38. The van der Waals surface area contributed by atoms with Gasteiger partial charge in [0, 0.05) is 19.3 Å². The van der Waals surface area contributed by atoms with Crippen LogP contribution in [0, 0.1) is 0 Å². The maximum absolute atomic E-state index is 12.9. The lowest BCUT2D eigenvalue weighted by atomic mass is 10.0. The van der Waals surface area contributed by atoms with E-state index in [1.807, 2.05) is 0 Å². The van der Waals surface area contributed by atoms with Crippen LogP contribution in [0.15, 0.2) is 85.1 Å². The average molecular weight is 1120 g/mol. The van der Waals surface area contributed by atoms with Crippen molar-refractivity contribution in [2.75, 3.05) is 13.2 Å². The van der Waals surface area contributed by atoms with E-state index in [1.54, 1.807) is 0 Å². The summed E-state index contributed by atoms with van der Waals surface area (Å²) >= 11 is 0. The molecule has 80 heavy (non-hydrogen) atoms. The van der Waals surface area contributed by atoms with E-state index in [1.165, 1.54) is 205 Å². The number of carbonyl (C=O) groups excluding carboxylic acids is 3. The van der Waals surface area contributed by atoms with Crippen LogP contribution in [0.1, 0.15) is 348 Å². The Bertz CT molecular complexity index is 1520. The van der Waals surface area contributed by atoms with Crippen LogP contribution in [0.25, 0.3) is 0 Å². The third-order valence-corrected chi connectivity index (χ3v) is 15.2. The van der Waals surface area contributed by atoms with Crippen molar-refractivity contribution in [3.05, 3.63) is 85.1 Å². The third kappa shape index (κ3) is 65.4. The summed E-state index contributed by atoms with van der Waals surface area (Å²) in [5, 5.41) is 0. The summed E-state index contributed by atoms with van der Waals surface area (Å²) in [7, 11) is 0. The SMILES string of the molecule is CC/C=C\C/C=C\C/C=C\C/C=C\C/C=C\C/C=C\C/C=C\CCCCCCCCCCCCCC(=O)OCC(COC(=O)CCCCCCCCCCCCCC)OC(=O)CCCCCCCCCCCCCCCCCCC. The molecule has 0 saturated carbocycles. The Hall–Kier alpha value is -3.41. The van der Waals surface area contributed by atoms with Gasteiger partial charge in [0.2, 0.25) is 0 Å². The van der Waals surface area contributed by atoms with Crippen molar-refractivity contribution in [2.45, 2.75) is 354 Å². The number of carbonyl (C=O) groups is 3. The molecule has 0 heterocycles.